The molecule has 3 aromatic heterocycles. The lowest BCUT2D eigenvalue weighted by Gasteiger charge is -2.38. The van der Waals surface area contributed by atoms with Crippen molar-refractivity contribution in [2.24, 2.45) is 0 Å². The monoisotopic (exact) mass is 554 g/mol. The number of aliphatic hydroxyl groups excluding tert-OH is 1. The number of ether oxygens (including phenoxy) is 1. The molecule has 1 saturated heterocycles. The Kier molecular flexibility index (Phi) is 6.96. The van der Waals surface area contributed by atoms with Gasteiger partial charge in [-0.25, -0.2) is 31.1 Å². The highest BCUT2D eigenvalue weighted by Crippen LogP contribution is 2.36. The molecule has 0 unspecified atom stereocenters. The van der Waals surface area contributed by atoms with Crippen LogP contribution in [-0.4, -0.2) is 97.6 Å². The van der Waals surface area contributed by atoms with Crippen LogP contribution in [0.2, 0.25) is 0 Å². The number of amides is 1. The summed E-state index contributed by atoms with van der Waals surface area (Å²) < 4.78 is 79.0. The van der Waals surface area contributed by atoms with Crippen LogP contribution in [0, 0.1) is 5.82 Å². The smallest absolute Gasteiger partial charge is 0.285 e. The van der Waals surface area contributed by atoms with Crippen molar-refractivity contribution < 1.29 is 36.6 Å². The van der Waals surface area contributed by atoms with Crippen LogP contribution < -0.4 is 10.1 Å². The van der Waals surface area contributed by atoms with Gasteiger partial charge in [-0.3, -0.25) is 4.79 Å². The maximum atomic E-state index is 15.3. The number of carbonyl (C=O) groups is 1. The molecule has 0 bridgehead atoms. The summed E-state index contributed by atoms with van der Waals surface area (Å²) in [6.45, 7) is -3.82. The van der Waals surface area contributed by atoms with Gasteiger partial charge in [-0.15, -0.1) is 10.2 Å². The SMILES string of the molecule is COc1nc(N[C@@H]2CCN(C(=O)CO)CC2(F)F)nn2cc(F)c(-c3ccc4nnn(C(CF)CF)c4c3)c12. The zero-order valence-electron chi connectivity index (χ0n) is 20.5. The molecule has 2 N–H and O–H groups in total. The number of aliphatic hydroxyl groups is 1. The second-order valence-corrected chi connectivity index (χ2v) is 9.01. The van der Waals surface area contributed by atoms with Crippen LogP contribution in [0.15, 0.2) is 24.4 Å². The minimum absolute atomic E-state index is 0.00579. The summed E-state index contributed by atoms with van der Waals surface area (Å²) in [4.78, 5) is 16.7. The molecule has 0 spiro atoms. The number of hydrogen-bond donors (Lipinski definition) is 2. The first-order valence-corrected chi connectivity index (χ1v) is 11.8. The van der Waals surface area contributed by atoms with Gasteiger partial charge in [-0.05, 0) is 24.1 Å². The first-order chi connectivity index (χ1) is 18.7. The first-order valence-electron chi connectivity index (χ1n) is 11.8. The predicted octanol–water partition coefficient (Wildman–Crippen LogP) is 2.41. The van der Waals surface area contributed by atoms with Gasteiger partial charge in [0.2, 0.25) is 17.7 Å². The number of aromatic nitrogens is 6. The Hall–Kier alpha value is -4.08. The number of benzene rings is 1. The van der Waals surface area contributed by atoms with Gasteiger partial charge < -0.3 is 20.1 Å². The summed E-state index contributed by atoms with van der Waals surface area (Å²) in [5.41, 5.74) is 1.00. The standard InChI is InChI=1S/C23H23F5N8O3/c1-39-21-20-19(12-2-3-15-16(6-12)36(33-31-15)13(7-24)8-25)14(26)9-35(20)32-22(30-21)29-17-4-5-34(18(38)10-37)11-23(17,27)28/h2-3,6,9,13,17,37H,4-5,7-8,10-11H2,1H3,(H,29,32)/t17-/m1/s1. The van der Waals surface area contributed by atoms with Gasteiger partial charge in [-0.2, -0.15) is 4.98 Å². The van der Waals surface area contributed by atoms with Crippen LogP contribution in [0.3, 0.4) is 0 Å². The van der Waals surface area contributed by atoms with Gasteiger partial charge >= 0.3 is 0 Å². The van der Waals surface area contributed by atoms with Crippen molar-refractivity contribution in [2.45, 2.75) is 24.4 Å². The number of fused-ring (bicyclic) bond motifs is 2. The predicted molar refractivity (Wildman–Crippen MR) is 128 cm³/mol. The van der Waals surface area contributed by atoms with E-state index in [0.717, 1.165) is 20.3 Å². The Morgan fingerprint density at radius 1 is 1.31 bits per heavy atom. The van der Waals surface area contributed by atoms with E-state index in [-0.39, 0.29) is 47.0 Å². The number of likely N-dealkylation sites (tertiary alicyclic amines) is 1. The molecule has 0 saturated carbocycles. The quantitative estimate of drug-likeness (QED) is 0.319. The third-order valence-corrected chi connectivity index (χ3v) is 6.60. The van der Waals surface area contributed by atoms with Crippen molar-refractivity contribution in [3.05, 3.63) is 30.2 Å². The number of rotatable bonds is 8. The Morgan fingerprint density at radius 2 is 2.08 bits per heavy atom. The van der Waals surface area contributed by atoms with Crippen LogP contribution in [0.5, 0.6) is 5.88 Å². The molecule has 1 aliphatic rings. The minimum Gasteiger partial charge on any atom is -0.479 e. The number of piperidine rings is 1. The maximum absolute atomic E-state index is 15.3. The molecule has 0 aliphatic carbocycles. The molecule has 1 aliphatic heterocycles. The minimum atomic E-state index is -3.37. The lowest BCUT2D eigenvalue weighted by molar-refractivity contribution is -0.145. The number of methoxy groups -OCH3 is 1. The molecule has 208 valence electrons. The third-order valence-electron chi connectivity index (χ3n) is 6.60. The summed E-state index contributed by atoms with van der Waals surface area (Å²) in [6, 6.07) is 1.88. The van der Waals surface area contributed by atoms with E-state index in [1.165, 1.54) is 25.3 Å². The lowest BCUT2D eigenvalue weighted by Crippen LogP contribution is -2.56. The van der Waals surface area contributed by atoms with Gasteiger partial charge in [0, 0.05) is 6.54 Å². The van der Waals surface area contributed by atoms with Gasteiger partial charge in [-0.1, -0.05) is 11.3 Å². The summed E-state index contributed by atoms with van der Waals surface area (Å²) in [7, 11) is 1.27. The molecule has 0 radical (unpaired) electrons. The van der Waals surface area contributed by atoms with Crippen molar-refractivity contribution in [1.29, 1.82) is 0 Å². The van der Waals surface area contributed by atoms with E-state index >= 15 is 4.39 Å². The van der Waals surface area contributed by atoms with Crippen molar-refractivity contribution in [3.8, 4) is 17.0 Å². The van der Waals surface area contributed by atoms with E-state index in [0.29, 0.717) is 5.52 Å². The van der Waals surface area contributed by atoms with Crippen LogP contribution in [0.1, 0.15) is 12.5 Å². The fraction of sp³-hybridized carbons (Fsp3) is 0.435. The van der Waals surface area contributed by atoms with Crippen LogP contribution >= 0.6 is 0 Å². The van der Waals surface area contributed by atoms with E-state index in [1.54, 1.807) is 0 Å². The highest BCUT2D eigenvalue weighted by molar-refractivity contribution is 5.90. The average Bonchev–Trinajstić information content (AvgIpc) is 3.49. The third kappa shape index (κ3) is 4.68. The normalized spacial score (nSPS) is 17.3. The van der Waals surface area contributed by atoms with Crippen LogP contribution in [-0.2, 0) is 4.79 Å². The average molecular weight is 554 g/mol. The first kappa shape index (κ1) is 26.5. The van der Waals surface area contributed by atoms with E-state index in [9.17, 15) is 22.4 Å². The molecule has 4 aromatic rings. The number of nitrogens with zero attached hydrogens (tertiary/aromatic N) is 7. The van der Waals surface area contributed by atoms with Crippen LogP contribution in [0.25, 0.3) is 27.7 Å². The van der Waals surface area contributed by atoms with Crippen molar-refractivity contribution in [3.63, 3.8) is 0 Å². The molecule has 5 rings (SSSR count). The number of nitrogens with one attached hydrogen (secondary N) is 1. The largest absolute Gasteiger partial charge is 0.479 e. The maximum Gasteiger partial charge on any atom is 0.285 e. The number of hydrogen-bond acceptors (Lipinski definition) is 8. The van der Waals surface area contributed by atoms with E-state index in [2.05, 4.69) is 25.7 Å². The molecule has 39 heavy (non-hydrogen) atoms. The van der Waals surface area contributed by atoms with Crippen molar-refractivity contribution >= 4 is 28.4 Å². The topological polar surface area (TPSA) is 123 Å². The zero-order valence-corrected chi connectivity index (χ0v) is 20.5. The van der Waals surface area contributed by atoms with Crippen molar-refractivity contribution in [1.82, 2.24) is 34.5 Å². The highest BCUT2D eigenvalue weighted by Gasteiger charge is 2.46. The molecule has 1 aromatic carbocycles. The van der Waals surface area contributed by atoms with Crippen LogP contribution in [0.4, 0.5) is 27.9 Å². The second-order valence-electron chi connectivity index (χ2n) is 9.01. The van der Waals surface area contributed by atoms with Gasteiger partial charge in [0.05, 0.1) is 37.0 Å². The molecule has 4 heterocycles. The fourth-order valence-corrected chi connectivity index (χ4v) is 4.62. The van der Waals surface area contributed by atoms with E-state index in [4.69, 9.17) is 9.84 Å². The molecular formula is C23H23F5N8O3. The van der Waals surface area contributed by atoms with Gasteiger partial charge in [0.1, 0.15) is 37.0 Å². The zero-order chi connectivity index (χ0) is 27.9. The lowest BCUT2D eigenvalue weighted by atomic mass is 10.0. The molecule has 1 atom stereocenters. The Morgan fingerprint density at radius 3 is 2.74 bits per heavy atom. The van der Waals surface area contributed by atoms with Gasteiger partial charge in [0.25, 0.3) is 5.92 Å². The molecule has 11 nitrogen and oxygen atoms in total. The number of alkyl halides is 4. The Labute approximate surface area is 217 Å². The number of anilines is 1. The van der Waals surface area contributed by atoms with E-state index in [1.807, 2.05) is 0 Å². The number of halogens is 5. The van der Waals surface area contributed by atoms with Crippen molar-refractivity contribution in [2.75, 3.05) is 45.5 Å². The summed E-state index contributed by atoms with van der Waals surface area (Å²) in [5.74, 6) is -5.30. The molecule has 1 amide bonds. The second kappa shape index (κ2) is 10.2. The summed E-state index contributed by atoms with van der Waals surface area (Å²) >= 11 is 0. The fourth-order valence-electron chi connectivity index (χ4n) is 4.62. The highest BCUT2D eigenvalue weighted by atomic mass is 19.3. The Balaban J connectivity index is 1.51. The summed E-state index contributed by atoms with van der Waals surface area (Å²) in [5, 5.41) is 23.4. The number of carbonyl (C=O) groups excluding carboxylic acids is 1. The summed E-state index contributed by atoms with van der Waals surface area (Å²) in [6.07, 6.45) is 0.862. The van der Waals surface area contributed by atoms with Gasteiger partial charge in [0.15, 0.2) is 5.82 Å². The molecule has 1 fully saturated rings. The van der Waals surface area contributed by atoms with E-state index < -0.39 is 56.2 Å². The molecular weight excluding hydrogens is 531 g/mol. The molecule has 16 heteroatoms. The Bertz CT molecular complexity index is 1520.